The number of halogens is 1. The van der Waals surface area contributed by atoms with E-state index in [9.17, 15) is 9.50 Å². The highest BCUT2D eigenvalue weighted by atomic mass is 19.1. The highest BCUT2D eigenvalue weighted by Gasteiger charge is 2.33. The molecule has 0 unspecified atom stereocenters. The Balaban J connectivity index is 1.58. The summed E-state index contributed by atoms with van der Waals surface area (Å²) >= 11 is 0. The molecule has 2 fully saturated rings. The molecule has 0 spiro atoms. The molecule has 0 aliphatic carbocycles. The Morgan fingerprint density at radius 2 is 1.92 bits per heavy atom. The van der Waals surface area contributed by atoms with E-state index in [1.807, 2.05) is 6.07 Å². The molecule has 2 aliphatic heterocycles. The first-order valence-electron chi connectivity index (χ1n) is 9.65. The Morgan fingerprint density at radius 3 is 2.69 bits per heavy atom. The molecule has 1 aromatic rings. The first-order valence-corrected chi connectivity index (χ1v) is 9.65. The van der Waals surface area contributed by atoms with E-state index in [1.165, 1.54) is 26.1 Å². The number of hydrogen-bond acceptors (Lipinski definition) is 5. The summed E-state index contributed by atoms with van der Waals surface area (Å²) in [6.45, 7) is 8.50. The molecule has 3 rings (SSSR count). The molecule has 0 bridgehead atoms. The van der Waals surface area contributed by atoms with Crippen molar-refractivity contribution >= 4 is 0 Å². The van der Waals surface area contributed by atoms with E-state index in [4.69, 9.17) is 4.74 Å². The van der Waals surface area contributed by atoms with Crippen LogP contribution in [0.2, 0.25) is 0 Å². The fourth-order valence-electron chi connectivity index (χ4n) is 4.25. The number of nitrogens with zero attached hydrogens (tertiary/aromatic N) is 3. The molecular weight excluding hydrogens is 333 g/mol. The van der Waals surface area contributed by atoms with Crippen LogP contribution in [0, 0.1) is 17.7 Å². The van der Waals surface area contributed by atoms with Crippen molar-refractivity contribution in [1.29, 1.82) is 0 Å². The van der Waals surface area contributed by atoms with E-state index in [2.05, 4.69) is 21.7 Å². The van der Waals surface area contributed by atoms with Gasteiger partial charge in [0.15, 0.2) is 11.6 Å². The van der Waals surface area contributed by atoms with Crippen molar-refractivity contribution in [3.63, 3.8) is 0 Å². The third-order valence-electron chi connectivity index (χ3n) is 5.81. The second kappa shape index (κ2) is 9.13. The molecule has 0 saturated carbocycles. The summed E-state index contributed by atoms with van der Waals surface area (Å²) in [6, 6.07) is 5.07. The lowest BCUT2D eigenvalue weighted by Gasteiger charge is -2.26. The van der Waals surface area contributed by atoms with E-state index in [-0.39, 0.29) is 12.4 Å². The van der Waals surface area contributed by atoms with Crippen LogP contribution in [0.4, 0.5) is 4.39 Å². The van der Waals surface area contributed by atoms with Crippen LogP contribution in [0.5, 0.6) is 5.75 Å². The number of aliphatic hydroxyl groups excluding tert-OH is 1. The molecular formula is C20H32FN3O2. The molecule has 0 amide bonds. The van der Waals surface area contributed by atoms with Gasteiger partial charge in [-0.05, 0) is 56.1 Å². The van der Waals surface area contributed by atoms with Gasteiger partial charge in [0.1, 0.15) is 0 Å². The van der Waals surface area contributed by atoms with Crippen molar-refractivity contribution in [3.05, 3.63) is 29.6 Å². The Bertz CT molecular complexity index is 586. The molecule has 146 valence electrons. The lowest BCUT2D eigenvalue weighted by atomic mass is 9.96. The van der Waals surface area contributed by atoms with Crippen LogP contribution >= 0.6 is 0 Å². The molecule has 2 saturated heterocycles. The zero-order chi connectivity index (χ0) is 18.5. The fourth-order valence-corrected chi connectivity index (χ4v) is 4.25. The topological polar surface area (TPSA) is 39.2 Å². The third kappa shape index (κ3) is 4.94. The van der Waals surface area contributed by atoms with Gasteiger partial charge in [0.2, 0.25) is 0 Å². The van der Waals surface area contributed by atoms with Crippen molar-refractivity contribution in [1.82, 2.24) is 14.7 Å². The molecule has 2 atom stereocenters. The molecule has 2 aliphatic rings. The standard InChI is InChI=1S/C20H32FN3O2/c1-22-6-3-7-23(9-8-22)12-17-13-24(14-18(17)15-25)11-16-4-5-19(21)20(10-16)26-2/h4-5,10,17-18,25H,3,6-9,11-15H2,1-2H3/t17-,18-/m1/s1. The van der Waals surface area contributed by atoms with Gasteiger partial charge in [0.05, 0.1) is 7.11 Å². The Kier molecular flexibility index (Phi) is 6.86. The average Bonchev–Trinajstić information content (AvgIpc) is 2.89. The lowest BCUT2D eigenvalue weighted by molar-refractivity contribution is 0.165. The fraction of sp³-hybridized carbons (Fsp3) is 0.700. The maximum atomic E-state index is 13.6. The number of likely N-dealkylation sites (N-methyl/N-ethyl adjacent to an activating group) is 1. The van der Waals surface area contributed by atoms with Crippen LogP contribution < -0.4 is 4.74 Å². The predicted molar refractivity (Wildman–Crippen MR) is 101 cm³/mol. The maximum absolute atomic E-state index is 13.6. The Morgan fingerprint density at radius 1 is 1.12 bits per heavy atom. The third-order valence-corrected chi connectivity index (χ3v) is 5.81. The summed E-state index contributed by atoms with van der Waals surface area (Å²) in [5, 5.41) is 9.84. The highest BCUT2D eigenvalue weighted by molar-refractivity contribution is 5.30. The largest absolute Gasteiger partial charge is 0.494 e. The van der Waals surface area contributed by atoms with E-state index >= 15 is 0 Å². The second-order valence-corrected chi connectivity index (χ2v) is 7.82. The number of benzene rings is 1. The number of hydrogen-bond donors (Lipinski definition) is 1. The average molecular weight is 365 g/mol. The molecule has 0 aromatic heterocycles. The smallest absolute Gasteiger partial charge is 0.165 e. The summed E-state index contributed by atoms with van der Waals surface area (Å²) < 4.78 is 18.7. The van der Waals surface area contributed by atoms with Crippen molar-refractivity contribution in [3.8, 4) is 5.75 Å². The summed E-state index contributed by atoms with van der Waals surface area (Å²) in [6.07, 6.45) is 1.21. The summed E-state index contributed by atoms with van der Waals surface area (Å²) in [7, 11) is 3.68. The van der Waals surface area contributed by atoms with Gasteiger partial charge >= 0.3 is 0 Å². The van der Waals surface area contributed by atoms with Crippen molar-refractivity contribution < 1.29 is 14.2 Å². The number of ether oxygens (including phenoxy) is 1. The van der Waals surface area contributed by atoms with E-state index in [0.29, 0.717) is 17.6 Å². The quantitative estimate of drug-likeness (QED) is 0.828. The monoisotopic (exact) mass is 365 g/mol. The number of aliphatic hydroxyl groups is 1. The van der Waals surface area contributed by atoms with Gasteiger partial charge in [0, 0.05) is 45.9 Å². The minimum absolute atomic E-state index is 0.238. The zero-order valence-electron chi connectivity index (χ0n) is 16.0. The molecule has 0 radical (unpaired) electrons. The van der Waals surface area contributed by atoms with Gasteiger partial charge in [-0.25, -0.2) is 4.39 Å². The summed E-state index contributed by atoms with van der Waals surface area (Å²) in [5.74, 6) is 0.782. The molecule has 6 heteroatoms. The van der Waals surface area contributed by atoms with Crippen molar-refractivity contribution in [2.75, 3.05) is 66.6 Å². The molecule has 26 heavy (non-hydrogen) atoms. The maximum Gasteiger partial charge on any atom is 0.165 e. The Labute approximate surface area is 156 Å². The van der Waals surface area contributed by atoms with Crippen LogP contribution in [0.25, 0.3) is 0 Å². The van der Waals surface area contributed by atoms with Gasteiger partial charge in [-0.3, -0.25) is 4.90 Å². The first-order chi connectivity index (χ1) is 12.6. The van der Waals surface area contributed by atoms with E-state index < -0.39 is 0 Å². The van der Waals surface area contributed by atoms with Crippen LogP contribution in [0.15, 0.2) is 18.2 Å². The van der Waals surface area contributed by atoms with Gasteiger partial charge < -0.3 is 19.6 Å². The van der Waals surface area contributed by atoms with Gasteiger partial charge in [0.25, 0.3) is 0 Å². The molecule has 5 nitrogen and oxygen atoms in total. The predicted octanol–water partition coefficient (Wildman–Crippen LogP) is 1.51. The SMILES string of the molecule is COc1cc(CN2C[C@@H](CN3CCCN(C)CC3)[C@@H](CO)C2)ccc1F. The molecule has 1 N–H and O–H groups in total. The van der Waals surface area contributed by atoms with Gasteiger partial charge in [-0.1, -0.05) is 6.07 Å². The summed E-state index contributed by atoms with van der Waals surface area (Å²) in [4.78, 5) is 7.33. The summed E-state index contributed by atoms with van der Waals surface area (Å²) in [5.41, 5.74) is 1.05. The van der Waals surface area contributed by atoms with Crippen molar-refractivity contribution in [2.24, 2.45) is 11.8 Å². The Hall–Kier alpha value is -1.21. The highest BCUT2D eigenvalue weighted by Crippen LogP contribution is 2.27. The number of methoxy groups -OCH3 is 1. The van der Waals surface area contributed by atoms with Crippen LogP contribution in [-0.4, -0.2) is 86.4 Å². The van der Waals surface area contributed by atoms with Crippen LogP contribution in [0.1, 0.15) is 12.0 Å². The molecule has 2 heterocycles. The van der Waals surface area contributed by atoms with E-state index in [0.717, 1.165) is 51.4 Å². The lowest BCUT2D eigenvalue weighted by Crippen LogP contribution is -2.36. The number of rotatable bonds is 6. The minimum atomic E-state index is -0.324. The van der Waals surface area contributed by atoms with Gasteiger partial charge in [-0.15, -0.1) is 0 Å². The van der Waals surface area contributed by atoms with Crippen LogP contribution in [0.3, 0.4) is 0 Å². The second-order valence-electron chi connectivity index (χ2n) is 7.82. The van der Waals surface area contributed by atoms with Gasteiger partial charge in [-0.2, -0.15) is 0 Å². The van der Waals surface area contributed by atoms with E-state index in [1.54, 1.807) is 6.07 Å². The van der Waals surface area contributed by atoms with Crippen LogP contribution in [-0.2, 0) is 6.54 Å². The zero-order valence-corrected chi connectivity index (χ0v) is 16.0. The first kappa shape index (κ1) is 19.5. The normalized spacial score (nSPS) is 26.2. The van der Waals surface area contributed by atoms with Crippen molar-refractivity contribution in [2.45, 2.75) is 13.0 Å². The molecule has 1 aromatic carbocycles. The minimum Gasteiger partial charge on any atom is -0.494 e. The number of likely N-dealkylation sites (tertiary alicyclic amines) is 1.